The van der Waals surface area contributed by atoms with Gasteiger partial charge >= 0.3 is 0 Å². The first-order valence-corrected chi connectivity index (χ1v) is 4.16. The number of hydrogen-bond acceptors (Lipinski definition) is 5. The van der Waals surface area contributed by atoms with E-state index >= 15 is 0 Å². The number of nitrogens with zero attached hydrogens (tertiary/aromatic N) is 2. The normalized spacial score (nSPS) is 9.71. The van der Waals surface area contributed by atoms with E-state index in [4.69, 9.17) is 0 Å². The zero-order valence-corrected chi connectivity index (χ0v) is 7.69. The van der Waals surface area contributed by atoms with Crippen LogP contribution in [0.25, 0.3) is 0 Å². The van der Waals surface area contributed by atoms with Gasteiger partial charge in [-0.25, -0.2) is 0 Å². The van der Waals surface area contributed by atoms with Crippen LogP contribution < -0.4 is 10.6 Å². The molecule has 1 rings (SSSR count). The molecule has 1 heterocycles. The maximum Gasteiger partial charge on any atom is 0.234 e. The standard InChI is InChI=1S/C8H12N4O2/c1-2-3-9-5-8(13)10-4-7-11-6-14-12-7/h2,6,9H,1,3-5H2,(H,10,13). The van der Waals surface area contributed by atoms with Crippen LogP contribution in [0.3, 0.4) is 0 Å². The lowest BCUT2D eigenvalue weighted by Crippen LogP contribution is -2.33. The van der Waals surface area contributed by atoms with Crippen LogP contribution in [0.4, 0.5) is 0 Å². The highest BCUT2D eigenvalue weighted by atomic mass is 16.5. The average Bonchev–Trinajstić information content (AvgIpc) is 2.68. The van der Waals surface area contributed by atoms with E-state index in [1.165, 1.54) is 6.39 Å². The summed E-state index contributed by atoms with van der Waals surface area (Å²) in [6, 6.07) is 0. The van der Waals surface area contributed by atoms with Gasteiger partial charge in [-0.2, -0.15) is 4.98 Å². The predicted molar refractivity (Wildman–Crippen MR) is 49.2 cm³/mol. The minimum Gasteiger partial charge on any atom is -0.348 e. The summed E-state index contributed by atoms with van der Waals surface area (Å²) in [5.74, 6) is 0.346. The van der Waals surface area contributed by atoms with Crippen molar-refractivity contribution in [3.8, 4) is 0 Å². The Kier molecular flexibility index (Phi) is 4.36. The van der Waals surface area contributed by atoms with Crippen molar-refractivity contribution in [1.82, 2.24) is 20.8 Å². The highest BCUT2D eigenvalue weighted by molar-refractivity contribution is 5.77. The van der Waals surface area contributed by atoms with Crippen LogP contribution in [0.1, 0.15) is 5.82 Å². The van der Waals surface area contributed by atoms with Gasteiger partial charge < -0.3 is 15.2 Å². The maximum atomic E-state index is 11.1. The van der Waals surface area contributed by atoms with Crippen molar-refractivity contribution in [2.24, 2.45) is 0 Å². The van der Waals surface area contributed by atoms with E-state index in [1.54, 1.807) is 6.08 Å². The third-order valence-electron chi connectivity index (χ3n) is 1.42. The maximum absolute atomic E-state index is 11.1. The lowest BCUT2D eigenvalue weighted by atomic mass is 10.5. The molecule has 6 nitrogen and oxygen atoms in total. The summed E-state index contributed by atoms with van der Waals surface area (Å²) < 4.78 is 4.50. The van der Waals surface area contributed by atoms with Crippen molar-refractivity contribution in [1.29, 1.82) is 0 Å². The minimum atomic E-state index is -0.114. The summed E-state index contributed by atoms with van der Waals surface area (Å²) in [5.41, 5.74) is 0. The molecule has 0 saturated carbocycles. The van der Waals surface area contributed by atoms with E-state index in [2.05, 4.69) is 31.9 Å². The Bertz CT molecular complexity index is 284. The van der Waals surface area contributed by atoms with E-state index in [0.717, 1.165) is 0 Å². The lowest BCUT2D eigenvalue weighted by molar-refractivity contribution is -0.120. The van der Waals surface area contributed by atoms with Gasteiger partial charge in [-0.1, -0.05) is 11.2 Å². The zero-order valence-electron chi connectivity index (χ0n) is 7.69. The topological polar surface area (TPSA) is 80.0 Å². The first-order chi connectivity index (χ1) is 6.83. The fourth-order valence-electron chi connectivity index (χ4n) is 0.798. The van der Waals surface area contributed by atoms with Crippen molar-refractivity contribution in [3.63, 3.8) is 0 Å². The summed E-state index contributed by atoms with van der Waals surface area (Å²) in [7, 11) is 0. The second-order valence-corrected chi connectivity index (χ2v) is 2.54. The molecule has 0 bridgehead atoms. The molecule has 0 aromatic carbocycles. The molecular weight excluding hydrogens is 184 g/mol. The van der Waals surface area contributed by atoms with E-state index in [0.29, 0.717) is 12.4 Å². The third kappa shape index (κ3) is 3.81. The second kappa shape index (κ2) is 5.87. The Morgan fingerprint density at radius 3 is 3.21 bits per heavy atom. The second-order valence-electron chi connectivity index (χ2n) is 2.54. The SMILES string of the molecule is C=CCNCC(=O)NCc1ncon1. The van der Waals surface area contributed by atoms with Crippen LogP contribution in [0, 0.1) is 0 Å². The van der Waals surface area contributed by atoms with Crippen LogP contribution in [-0.4, -0.2) is 29.1 Å². The molecule has 2 N–H and O–H groups in total. The number of hydrogen-bond donors (Lipinski definition) is 2. The Labute approximate surface area is 81.4 Å². The zero-order chi connectivity index (χ0) is 10.2. The first kappa shape index (κ1) is 10.4. The Hall–Kier alpha value is -1.69. The molecule has 0 fully saturated rings. The molecule has 1 amide bonds. The summed E-state index contributed by atoms with van der Waals surface area (Å²) in [6.45, 7) is 4.66. The van der Waals surface area contributed by atoms with Crippen LogP contribution in [-0.2, 0) is 11.3 Å². The molecule has 0 saturated heterocycles. The molecule has 0 aliphatic carbocycles. The van der Waals surface area contributed by atoms with Gasteiger partial charge in [0, 0.05) is 6.54 Å². The molecule has 1 aromatic rings. The van der Waals surface area contributed by atoms with E-state index in [1.807, 2.05) is 0 Å². The summed E-state index contributed by atoms with van der Waals surface area (Å²) in [5, 5.41) is 9.04. The highest BCUT2D eigenvalue weighted by Crippen LogP contribution is 1.85. The Balaban J connectivity index is 2.12. The monoisotopic (exact) mass is 196 g/mol. The fraction of sp³-hybridized carbons (Fsp3) is 0.375. The van der Waals surface area contributed by atoms with Crippen molar-refractivity contribution in [2.45, 2.75) is 6.54 Å². The van der Waals surface area contributed by atoms with Crippen LogP contribution in [0.15, 0.2) is 23.6 Å². The van der Waals surface area contributed by atoms with E-state index in [-0.39, 0.29) is 19.0 Å². The Morgan fingerprint density at radius 2 is 2.57 bits per heavy atom. The molecule has 0 radical (unpaired) electrons. The number of rotatable bonds is 6. The van der Waals surface area contributed by atoms with Gasteiger partial charge in [0.1, 0.15) is 0 Å². The van der Waals surface area contributed by atoms with E-state index in [9.17, 15) is 4.79 Å². The fourth-order valence-corrected chi connectivity index (χ4v) is 0.798. The molecule has 76 valence electrons. The van der Waals surface area contributed by atoms with Crippen molar-refractivity contribution >= 4 is 5.91 Å². The lowest BCUT2D eigenvalue weighted by Gasteiger charge is -2.02. The van der Waals surface area contributed by atoms with Gasteiger partial charge in [0.25, 0.3) is 0 Å². The average molecular weight is 196 g/mol. The summed E-state index contributed by atoms with van der Waals surface area (Å²) >= 11 is 0. The van der Waals surface area contributed by atoms with Crippen LogP contribution in [0.2, 0.25) is 0 Å². The van der Waals surface area contributed by atoms with Crippen molar-refractivity contribution in [3.05, 3.63) is 24.9 Å². The predicted octanol–water partition coefficient (Wildman–Crippen LogP) is -0.539. The quantitative estimate of drug-likeness (QED) is 0.472. The number of carbonyl (C=O) groups is 1. The van der Waals surface area contributed by atoms with Gasteiger partial charge in [-0.05, 0) is 0 Å². The van der Waals surface area contributed by atoms with Crippen molar-refractivity contribution < 1.29 is 9.32 Å². The highest BCUT2D eigenvalue weighted by Gasteiger charge is 2.02. The van der Waals surface area contributed by atoms with Crippen LogP contribution >= 0.6 is 0 Å². The van der Waals surface area contributed by atoms with Crippen molar-refractivity contribution in [2.75, 3.05) is 13.1 Å². The molecule has 0 aliphatic rings. The largest absolute Gasteiger partial charge is 0.348 e. The molecule has 0 spiro atoms. The Morgan fingerprint density at radius 1 is 1.71 bits per heavy atom. The van der Waals surface area contributed by atoms with E-state index < -0.39 is 0 Å². The minimum absolute atomic E-state index is 0.114. The smallest absolute Gasteiger partial charge is 0.234 e. The molecule has 1 aromatic heterocycles. The van der Waals surface area contributed by atoms with Gasteiger partial charge in [0.05, 0.1) is 13.1 Å². The first-order valence-electron chi connectivity index (χ1n) is 4.16. The number of aromatic nitrogens is 2. The molecule has 0 aliphatic heterocycles. The van der Waals surface area contributed by atoms with Gasteiger partial charge in [-0.3, -0.25) is 4.79 Å². The third-order valence-corrected chi connectivity index (χ3v) is 1.42. The summed E-state index contributed by atoms with van der Waals surface area (Å²) in [4.78, 5) is 14.9. The number of carbonyl (C=O) groups excluding carboxylic acids is 1. The summed E-state index contributed by atoms with van der Waals surface area (Å²) in [6.07, 6.45) is 2.91. The molecular formula is C8H12N4O2. The van der Waals surface area contributed by atoms with Gasteiger partial charge in [0.2, 0.25) is 12.3 Å². The number of amides is 1. The molecule has 0 atom stereocenters. The van der Waals surface area contributed by atoms with Crippen LogP contribution in [0.5, 0.6) is 0 Å². The molecule has 14 heavy (non-hydrogen) atoms. The van der Waals surface area contributed by atoms with Gasteiger partial charge in [0.15, 0.2) is 5.82 Å². The van der Waals surface area contributed by atoms with Gasteiger partial charge in [-0.15, -0.1) is 6.58 Å². The number of nitrogens with one attached hydrogen (secondary N) is 2. The molecule has 0 unspecified atom stereocenters. The molecule has 6 heteroatoms.